The van der Waals surface area contributed by atoms with Crippen molar-refractivity contribution >= 4 is 23.5 Å². The van der Waals surface area contributed by atoms with Gasteiger partial charge in [0.1, 0.15) is 0 Å². The van der Waals surface area contributed by atoms with Crippen molar-refractivity contribution in [1.82, 2.24) is 19.8 Å². The molecule has 5 nitrogen and oxygen atoms in total. The quantitative estimate of drug-likeness (QED) is 0.518. The number of piperidine rings is 1. The van der Waals surface area contributed by atoms with E-state index in [9.17, 15) is 0 Å². The van der Waals surface area contributed by atoms with Crippen molar-refractivity contribution in [3.63, 3.8) is 0 Å². The van der Waals surface area contributed by atoms with Crippen LogP contribution < -0.4 is 4.72 Å². The van der Waals surface area contributed by atoms with Crippen LogP contribution in [0.2, 0.25) is 5.02 Å². The van der Waals surface area contributed by atoms with E-state index in [2.05, 4.69) is 51.2 Å². The maximum absolute atomic E-state index is 6.04. The van der Waals surface area contributed by atoms with E-state index >= 15 is 0 Å². The molecule has 1 aliphatic heterocycles. The van der Waals surface area contributed by atoms with Gasteiger partial charge in [-0.1, -0.05) is 47.1 Å². The van der Waals surface area contributed by atoms with Gasteiger partial charge in [0, 0.05) is 29.0 Å². The summed E-state index contributed by atoms with van der Waals surface area (Å²) in [5.41, 5.74) is 1.14. The lowest BCUT2D eigenvalue weighted by Crippen LogP contribution is -2.40. The predicted octanol–water partition coefficient (Wildman–Crippen LogP) is 5.06. The molecular weight excluding hydrogens is 416 g/mol. The smallest absolute Gasteiger partial charge is 0.240 e. The first-order valence-electron chi connectivity index (χ1n) is 10.5. The normalized spacial score (nSPS) is 19.1. The molecule has 0 spiro atoms. The molecule has 156 valence electrons. The lowest BCUT2D eigenvalue weighted by Gasteiger charge is -2.31. The van der Waals surface area contributed by atoms with Gasteiger partial charge >= 0.3 is 0 Å². The second-order valence-corrected chi connectivity index (χ2v) is 9.53. The highest BCUT2D eigenvalue weighted by atomic mass is 35.5. The summed E-state index contributed by atoms with van der Waals surface area (Å²) in [6, 6.07) is 19.0. The summed E-state index contributed by atoms with van der Waals surface area (Å²) in [4.78, 5) is 8.42. The van der Waals surface area contributed by atoms with Gasteiger partial charge < -0.3 is 4.52 Å². The molecule has 7 heteroatoms. The standard InChI is InChI=1S/C23H25ClN4OS/c24-18-8-6-17(7-9-18)23(12-13-23)22-25-21(29-26-22)16-28-14-10-19(11-15-28)27-30-20-4-2-1-3-5-20/h1-9,19,27H,10-16H2. The van der Waals surface area contributed by atoms with Crippen LogP contribution in [0.4, 0.5) is 0 Å². The maximum atomic E-state index is 6.04. The number of aromatic nitrogens is 2. The SMILES string of the molecule is Clc1ccc(C2(c3noc(CN4CCC(NSc5ccccc5)CC4)n3)CC2)cc1. The van der Waals surface area contributed by atoms with Gasteiger partial charge in [-0.3, -0.25) is 9.62 Å². The van der Waals surface area contributed by atoms with Gasteiger partial charge in [-0.25, -0.2) is 0 Å². The van der Waals surface area contributed by atoms with Crippen LogP contribution in [-0.2, 0) is 12.0 Å². The van der Waals surface area contributed by atoms with Crippen molar-refractivity contribution < 1.29 is 4.52 Å². The molecule has 0 amide bonds. The molecule has 0 radical (unpaired) electrons. The highest BCUT2D eigenvalue weighted by Crippen LogP contribution is 2.52. The molecule has 2 aliphatic rings. The van der Waals surface area contributed by atoms with E-state index < -0.39 is 0 Å². The molecule has 1 aromatic heterocycles. The lowest BCUT2D eigenvalue weighted by atomic mass is 9.95. The predicted molar refractivity (Wildman–Crippen MR) is 119 cm³/mol. The summed E-state index contributed by atoms with van der Waals surface area (Å²) in [5, 5.41) is 5.08. The summed E-state index contributed by atoms with van der Waals surface area (Å²) in [7, 11) is 0. The van der Waals surface area contributed by atoms with E-state index in [1.807, 2.05) is 18.2 Å². The van der Waals surface area contributed by atoms with Gasteiger partial charge in [0.2, 0.25) is 5.89 Å². The molecule has 30 heavy (non-hydrogen) atoms. The zero-order valence-electron chi connectivity index (χ0n) is 16.8. The Labute approximate surface area is 186 Å². The number of halogens is 1. The molecular formula is C23H25ClN4OS. The Kier molecular flexibility index (Phi) is 5.83. The average Bonchev–Trinajstić information content (AvgIpc) is 3.46. The van der Waals surface area contributed by atoms with Gasteiger partial charge in [0.05, 0.1) is 12.0 Å². The first-order valence-corrected chi connectivity index (χ1v) is 11.7. The van der Waals surface area contributed by atoms with Crippen LogP contribution in [0.15, 0.2) is 64.0 Å². The van der Waals surface area contributed by atoms with E-state index in [0.29, 0.717) is 6.04 Å². The van der Waals surface area contributed by atoms with Gasteiger partial charge in [0.25, 0.3) is 0 Å². The van der Waals surface area contributed by atoms with Crippen LogP contribution in [0.25, 0.3) is 0 Å². The average molecular weight is 441 g/mol. The lowest BCUT2D eigenvalue weighted by molar-refractivity contribution is 0.178. The third kappa shape index (κ3) is 4.42. The summed E-state index contributed by atoms with van der Waals surface area (Å²) < 4.78 is 9.23. The van der Waals surface area contributed by atoms with Crippen molar-refractivity contribution in [3.05, 3.63) is 76.9 Å². The number of hydrogen-bond acceptors (Lipinski definition) is 6. The second kappa shape index (κ2) is 8.71. The topological polar surface area (TPSA) is 54.2 Å². The van der Waals surface area contributed by atoms with E-state index in [-0.39, 0.29) is 5.41 Å². The number of hydrogen-bond donors (Lipinski definition) is 1. The largest absolute Gasteiger partial charge is 0.338 e. The molecule has 2 heterocycles. The molecule has 1 N–H and O–H groups in total. The van der Waals surface area contributed by atoms with Crippen LogP contribution in [-0.4, -0.2) is 34.2 Å². The number of nitrogens with one attached hydrogen (secondary N) is 1. The van der Waals surface area contributed by atoms with Gasteiger partial charge in [-0.2, -0.15) is 4.98 Å². The van der Waals surface area contributed by atoms with Crippen LogP contribution in [0.3, 0.4) is 0 Å². The maximum Gasteiger partial charge on any atom is 0.240 e. The van der Waals surface area contributed by atoms with Crippen molar-refractivity contribution in [2.45, 2.75) is 48.6 Å². The zero-order valence-corrected chi connectivity index (χ0v) is 18.3. The zero-order chi connectivity index (χ0) is 20.4. The van der Waals surface area contributed by atoms with Crippen LogP contribution in [0.1, 0.15) is 43.0 Å². The first-order chi connectivity index (χ1) is 14.7. The van der Waals surface area contributed by atoms with Crippen molar-refractivity contribution in [3.8, 4) is 0 Å². The number of nitrogens with zero attached hydrogens (tertiary/aromatic N) is 3. The Bertz CT molecular complexity index is 966. The molecule has 5 rings (SSSR count). The fourth-order valence-corrected chi connectivity index (χ4v) is 5.05. The summed E-state index contributed by atoms with van der Waals surface area (Å²) in [6.45, 7) is 2.79. The molecule has 2 aromatic carbocycles. The summed E-state index contributed by atoms with van der Waals surface area (Å²) >= 11 is 7.77. The monoisotopic (exact) mass is 440 g/mol. The number of rotatable bonds is 7. The van der Waals surface area contributed by atoms with Gasteiger partial charge in [-0.15, -0.1) is 0 Å². The Morgan fingerprint density at radius 2 is 1.80 bits per heavy atom. The third-order valence-corrected chi connectivity index (χ3v) is 7.29. The number of likely N-dealkylation sites (tertiary alicyclic amines) is 1. The molecule has 0 unspecified atom stereocenters. The van der Waals surface area contributed by atoms with E-state index in [4.69, 9.17) is 21.1 Å². The van der Waals surface area contributed by atoms with Crippen LogP contribution in [0, 0.1) is 0 Å². The van der Waals surface area contributed by atoms with Crippen molar-refractivity contribution in [1.29, 1.82) is 0 Å². The summed E-state index contributed by atoms with van der Waals surface area (Å²) in [6.07, 6.45) is 4.36. The molecule has 1 aliphatic carbocycles. The van der Waals surface area contributed by atoms with Crippen molar-refractivity contribution in [2.75, 3.05) is 13.1 Å². The van der Waals surface area contributed by atoms with Gasteiger partial charge in [-0.05, 0) is 67.5 Å². The third-order valence-electron chi connectivity index (χ3n) is 6.08. The fourth-order valence-electron chi connectivity index (χ4n) is 4.09. The highest BCUT2D eigenvalue weighted by molar-refractivity contribution is 7.97. The Hall–Kier alpha value is -1.86. The molecule has 1 saturated carbocycles. The minimum absolute atomic E-state index is 0.0854. The van der Waals surface area contributed by atoms with E-state index in [0.717, 1.165) is 62.1 Å². The van der Waals surface area contributed by atoms with Crippen LogP contribution in [0.5, 0.6) is 0 Å². The highest BCUT2D eigenvalue weighted by Gasteiger charge is 2.50. The first kappa shape index (κ1) is 20.1. The molecule has 0 bridgehead atoms. The Balaban J connectivity index is 1.14. The second-order valence-electron chi connectivity index (χ2n) is 8.18. The van der Waals surface area contributed by atoms with Crippen molar-refractivity contribution in [2.24, 2.45) is 0 Å². The fraction of sp³-hybridized carbons (Fsp3) is 0.391. The minimum atomic E-state index is -0.0854. The molecule has 0 atom stereocenters. The molecule has 3 aromatic rings. The van der Waals surface area contributed by atoms with E-state index in [1.54, 1.807) is 11.9 Å². The molecule has 1 saturated heterocycles. The van der Waals surface area contributed by atoms with Crippen LogP contribution >= 0.6 is 23.5 Å². The van der Waals surface area contributed by atoms with Gasteiger partial charge in [0.15, 0.2) is 5.82 Å². The van der Waals surface area contributed by atoms with E-state index in [1.165, 1.54) is 10.5 Å². The number of benzene rings is 2. The Morgan fingerprint density at radius 3 is 2.50 bits per heavy atom. The Morgan fingerprint density at radius 1 is 1.07 bits per heavy atom. The molecule has 2 fully saturated rings. The summed E-state index contributed by atoms with van der Waals surface area (Å²) in [5.74, 6) is 1.53. The minimum Gasteiger partial charge on any atom is -0.338 e.